The van der Waals surface area contributed by atoms with Gasteiger partial charge in [0.05, 0.1) is 25.4 Å². The second kappa shape index (κ2) is 4.94. The molecule has 0 aromatic heterocycles. The molecule has 1 aliphatic heterocycles. The van der Waals surface area contributed by atoms with Gasteiger partial charge in [-0.15, -0.1) is 0 Å². The van der Waals surface area contributed by atoms with Gasteiger partial charge < -0.3 is 15.2 Å². The molecule has 0 aliphatic carbocycles. The number of ether oxygens (including phenoxy) is 2. The third-order valence-corrected chi connectivity index (χ3v) is 2.46. The van der Waals surface area contributed by atoms with Gasteiger partial charge in [0, 0.05) is 12.0 Å². The number of rotatable bonds is 4. The Morgan fingerprint density at radius 3 is 2.69 bits per heavy atom. The molecule has 0 amide bonds. The topological polar surface area (TPSA) is 44.5 Å². The van der Waals surface area contributed by atoms with Crippen LogP contribution in [-0.2, 0) is 9.47 Å². The Morgan fingerprint density at radius 2 is 2.23 bits per heavy atom. The van der Waals surface area contributed by atoms with Gasteiger partial charge in [-0.3, -0.25) is 0 Å². The van der Waals surface area contributed by atoms with E-state index in [0.29, 0.717) is 18.6 Å². The highest BCUT2D eigenvalue weighted by molar-refractivity contribution is 4.79. The summed E-state index contributed by atoms with van der Waals surface area (Å²) in [6.45, 7) is 7.60. The zero-order valence-corrected chi connectivity index (χ0v) is 8.82. The smallest absolute Gasteiger partial charge is 0.0624 e. The molecule has 78 valence electrons. The Bertz CT molecular complexity index is 150. The van der Waals surface area contributed by atoms with Crippen LogP contribution in [-0.4, -0.2) is 31.5 Å². The summed E-state index contributed by atoms with van der Waals surface area (Å²) in [5.41, 5.74) is 5.98. The maximum Gasteiger partial charge on any atom is 0.0624 e. The first kappa shape index (κ1) is 11.0. The summed E-state index contributed by atoms with van der Waals surface area (Å²) in [7, 11) is 0. The summed E-state index contributed by atoms with van der Waals surface area (Å²) >= 11 is 0. The Hall–Kier alpha value is -0.120. The molecule has 1 heterocycles. The third kappa shape index (κ3) is 3.63. The van der Waals surface area contributed by atoms with Crippen LogP contribution < -0.4 is 5.73 Å². The molecule has 3 nitrogen and oxygen atoms in total. The first-order valence-corrected chi connectivity index (χ1v) is 5.08. The zero-order valence-electron chi connectivity index (χ0n) is 8.82. The van der Waals surface area contributed by atoms with Gasteiger partial charge in [-0.1, -0.05) is 0 Å². The van der Waals surface area contributed by atoms with E-state index >= 15 is 0 Å². The lowest BCUT2D eigenvalue weighted by molar-refractivity contribution is 0.0538. The number of nitrogens with two attached hydrogens (primary N) is 1. The molecule has 0 bridgehead atoms. The maximum absolute atomic E-state index is 5.98. The van der Waals surface area contributed by atoms with Gasteiger partial charge in [0.1, 0.15) is 0 Å². The molecule has 1 rings (SSSR count). The van der Waals surface area contributed by atoms with E-state index in [-0.39, 0.29) is 12.1 Å². The summed E-state index contributed by atoms with van der Waals surface area (Å²) in [6.07, 6.45) is 1.71. The van der Waals surface area contributed by atoms with Crippen molar-refractivity contribution in [3.05, 3.63) is 0 Å². The molecule has 1 aliphatic rings. The Labute approximate surface area is 80.6 Å². The fourth-order valence-electron chi connectivity index (χ4n) is 1.59. The largest absolute Gasteiger partial charge is 0.378 e. The van der Waals surface area contributed by atoms with Crippen LogP contribution in [0.1, 0.15) is 27.2 Å². The highest BCUT2D eigenvalue weighted by atomic mass is 16.5. The average molecular weight is 187 g/mol. The predicted molar refractivity (Wildman–Crippen MR) is 52.6 cm³/mol. The van der Waals surface area contributed by atoms with E-state index in [0.717, 1.165) is 13.0 Å². The van der Waals surface area contributed by atoms with E-state index in [4.69, 9.17) is 15.2 Å². The fraction of sp³-hybridized carbons (Fsp3) is 1.00. The van der Waals surface area contributed by atoms with Gasteiger partial charge in [0.15, 0.2) is 0 Å². The van der Waals surface area contributed by atoms with Crippen LogP contribution >= 0.6 is 0 Å². The molecule has 1 fully saturated rings. The van der Waals surface area contributed by atoms with Gasteiger partial charge in [0.25, 0.3) is 0 Å². The van der Waals surface area contributed by atoms with Gasteiger partial charge in [-0.05, 0) is 27.2 Å². The van der Waals surface area contributed by atoms with Gasteiger partial charge in [0.2, 0.25) is 0 Å². The van der Waals surface area contributed by atoms with Gasteiger partial charge in [-0.25, -0.2) is 0 Å². The molecule has 0 spiro atoms. The van der Waals surface area contributed by atoms with Crippen LogP contribution in [0.15, 0.2) is 0 Å². The van der Waals surface area contributed by atoms with Crippen molar-refractivity contribution in [1.29, 1.82) is 0 Å². The van der Waals surface area contributed by atoms with Crippen LogP contribution in [0.3, 0.4) is 0 Å². The van der Waals surface area contributed by atoms with Crippen molar-refractivity contribution in [3.8, 4) is 0 Å². The second-order valence-corrected chi connectivity index (χ2v) is 4.19. The molecule has 3 heteroatoms. The Morgan fingerprint density at radius 1 is 1.54 bits per heavy atom. The molecule has 13 heavy (non-hydrogen) atoms. The van der Waals surface area contributed by atoms with E-state index in [2.05, 4.69) is 6.92 Å². The minimum atomic E-state index is 0.132. The molecule has 1 saturated heterocycles. The highest BCUT2D eigenvalue weighted by Crippen LogP contribution is 2.21. The molecular weight excluding hydrogens is 166 g/mol. The number of hydrogen-bond acceptors (Lipinski definition) is 3. The van der Waals surface area contributed by atoms with Crippen molar-refractivity contribution in [2.45, 2.75) is 45.4 Å². The molecule has 3 atom stereocenters. The van der Waals surface area contributed by atoms with Crippen molar-refractivity contribution < 1.29 is 9.47 Å². The fourth-order valence-corrected chi connectivity index (χ4v) is 1.59. The second-order valence-electron chi connectivity index (χ2n) is 4.19. The van der Waals surface area contributed by atoms with Crippen molar-refractivity contribution in [1.82, 2.24) is 0 Å². The standard InChI is InChI=1S/C10H21NO2/c1-7(2)12-6-10(11)9-4-8(3)13-5-9/h7-10H,4-6,11H2,1-3H3. The normalized spacial score (nSPS) is 31.2. The lowest BCUT2D eigenvalue weighted by Gasteiger charge is -2.19. The first-order valence-electron chi connectivity index (χ1n) is 5.08. The summed E-state index contributed by atoms with van der Waals surface area (Å²) < 4.78 is 10.9. The van der Waals surface area contributed by atoms with E-state index in [9.17, 15) is 0 Å². The van der Waals surface area contributed by atoms with Crippen LogP contribution in [0.5, 0.6) is 0 Å². The highest BCUT2D eigenvalue weighted by Gasteiger charge is 2.27. The average Bonchev–Trinajstić information content (AvgIpc) is 2.47. The zero-order chi connectivity index (χ0) is 9.84. The molecule has 2 N–H and O–H groups in total. The van der Waals surface area contributed by atoms with Crippen LogP contribution in [0.25, 0.3) is 0 Å². The SMILES string of the molecule is CC(C)OCC(N)C1COC(C)C1. The molecule has 0 aromatic carbocycles. The lowest BCUT2D eigenvalue weighted by atomic mass is 9.98. The van der Waals surface area contributed by atoms with Crippen molar-refractivity contribution >= 4 is 0 Å². The summed E-state index contributed by atoms with van der Waals surface area (Å²) in [5, 5.41) is 0. The third-order valence-electron chi connectivity index (χ3n) is 2.46. The van der Waals surface area contributed by atoms with E-state index in [1.54, 1.807) is 0 Å². The molecule has 3 unspecified atom stereocenters. The van der Waals surface area contributed by atoms with E-state index in [1.807, 2.05) is 13.8 Å². The van der Waals surface area contributed by atoms with Gasteiger partial charge >= 0.3 is 0 Å². The molecule has 0 aromatic rings. The molecule has 0 saturated carbocycles. The van der Waals surface area contributed by atoms with Crippen LogP contribution in [0, 0.1) is 5.92 Å². The van der Waals surface area contributed by atoms with Crippen molar-refractivity contribution in [3.63, 3.8) is 0 Å². The summed E-state index contributed by atoms with van der Waals surface area (Å²) in [5.74, 6) is 0.480. The summed E-state index contributed by atoms with van der Waals surface area (Å²) in [6, 6.07) is 0.132. The van der Waals surface area contributed by atoms with E-state index < -0.39 is 0 Å². The van der Waals surface area contributed by atoms with Crippen LogP contribution in [0.2, 0.25) is 0 Å². The summed E-state index contributed by atoms with van der Waals surface area (Å²) in [4.78, 5) is 0. The minimum Gasteiger partial charge on any atom is -0.378 e. The van der Waals surface area contributed by atoms with Crippen molar-refractivity contribution in [2.24, 2.45) is 11.7 Å². The van der Waals surface area contributed by atoms with Crippen LogP contribution in [0.4, 0.5) is 0 Å². The number of hydrogen-bond donors (Lipinski definition) is 1. The maximum atomic E-state index is 5.98. The minimum absolute atomic E-state index is 0.132. The molecular formula is C10H21NO2. The monoisotopic (exact) mass is 187 g/mol. The van der Waals surface area contributed by atoms with Crippen molar-refractivity contribution in [2.75, 3.05) is 13.2 Å². The molecule has 0 radical (unpaired) electrons. The Kier molecular flexibility index (Phi) is 4.16. The Balaban J connectivity index is 2.19. The van der Waals surface area contributed by atoms with E-state index in [1.165, 1.54) is 0 Å². The quantitative estimate of drug-likeness (QED) is 0.718. The first-order chi connectivity index (χ1) is 6.09. The van der Waals surface area contributed by atoms with Gasteiger partial charge in [-0.2, -0.15) is 0 Å². The lowest BCUT2D eigenvalue weighted by Crippen LogP contribution is -2.36. The predicted octanol–water partition coefficient (Wildman–Crippen LogP) is 1.16.